The molecule has 0 aliphatic rings. The van der Waals surface area contributed by atoms with Gasteiger partial charge in [-0.25, -0.2) is 21.3 Å². The summed E-state index contributed by atoms with van der Waals surface area (Å²) >= 11 is 0. The van der Waals surface area contributed by atoms with Gasteiger partial charge in [0.2, 0.25) is 0 Å². The molecular formula is C39H39N2O4PS2. The highest BCUT2D eigenvalue weighted by molar-refractivity contribution is 7.90. The second-order valence-corrected chi connectivity index (χ2v) is 18.4. The van der Waals surface area contributed by atoms with Crippen molar-refractivity contribution in [3.8, 4) is 5.75 Å². The van der Waals surface area contributed by atoms with Gasteiger partial charge in [-0.3, -0.25) is 0 Å². The Morgan fingerprint density at radius 1 is 0.771 bits per heavy atom. The van der Waals surface area contributed by atoms with Gasteiger partial charge in [0.05, 0.1) is 39.3 Å². The first-order chi connectivity index (χ1) is 23.1. The van der Waals surface area contributed by atoms with Crippen LogP contribution in [0.4, 0.5) is 0 Å². The fraction of sp³-hybridized carbons (Fsp3) is 0.179. The number of methoxy groups -OCH3 is 1. The number of nitrogens with one attached hydrogen (secondary N) is 1. The highest BCUT2D eigenvalue weighted by atomic mass is 32.2. The van der Waals surface area contributed by atoms with E-state index in [1.54, 1.807) is 31.4 Å². The molecule has 0 bridgehead atoms. The molecule has 0 aliphatic carbocycles. The lowest BCUT2D eigenvalue weighted by atomic mass is 9.96. The Morgan fingerprint density at radius 3 is 1.92 bits per heavy atom. The number of rotatable bonds is 11. The first-order valence-electron chi connectivity index (χ1n) is 15.7. The quantitative estimate of drug-likeness (QED) is 0.141. The maximum Gasteiger partial charge on any atom is 0.268 e. The summed E-state index contributed by atoms with van der Waals surface area (Å²) in [7, 11) is -5.03. The zero-order valence-corrected chi connectivity index (χ0v) is 29.9. The van der Waals surface area contributed by atoms with E-state index < -0.39 is 39.7 Å². The second-order valence-electron chi connectivity index (χ2n) is 12.4. The van der Waals surface area contributed by atoms with Gasteiger partial charge in [-0.2, -0.15) is 0 Å². The lowest BCUT2D eigenvalue weighted by Gasteiger charge is -2.27. The summed E-state index contributed by atoms with van der Waals surface area (Å²) in [5.74, 6) is 0.652. The summed E-state index contributed by atoms with van der Waals surface area (Å²) in [4.78, 5) is 0.200. The average Bonchev–Trinajstić information content (AvgIpc) is 3.44. The van der Waals surface area contributed by atoms with Crippen molar-refractivity contribution in [2.24, 2.45) is 0 Å². The van der Waals surface area contributed by atoms with Gasteiger partial charge < -0.3 is 4.74 Å². The third-order valence-corrected chi connectivity index (χ3v) is 14.0. The van der Waals surface area contributed by atoms with Crippen LogP contribution < -0.4 is 20.1 Å². The zero-order chi connectivity index (χ0) is 33.9. The van der Waals surface area contributed by atoms with Gasteiger partial charge in [0.25, 0.3) is 10.0 Å². The molecule has 6 nitrogen and oxygen atoms in total. The maximum absolute atomic E-state index is 14.8. The fourth-order valence-corrected chi connectivity index (χ4v) is 10.7. The zero-order valence-electron chi connectivity index (χ0n) is 27.4. The molecule has 1 aromatic heterocycles. The lowest BCUT2D eigenvalue weighted by Crippen LogP contribution is -2.36. The SMILES string of the molecule is COc1cccc([C@H](N[S@](=O)C(C)(C)C)c2c(CP(c3ccccc3)c3ccccc3)n(S(=O)(=O)c3ccccc3)c3ccccc23)c1. The van der Waals surface area contributed by atoms with Crippen molar-refractivity contribution >= 4 is 50.4 Å². The molecule has 0 radical (unpaired) electrons. The molecule has 5 aromatic carbocycles. The van der Waals surface area contributed by atoms with Crippen molar-refractivity contribution in [1.29, 1.82) is 0 Å². The number of benzene rings is 5. The highest BCUT2D eigenvalue weighted by Crippen LogP contribution is 2.45. The Kier molecular flexibility index (Phi) is 10.00. The minimum atomic E-state index is -4.07. The van der Waals surface area contributed by atoms with Crippen molar-refractivity contribution in [1.82, 2.24) is 8.69 Å². The fourth-order valence-electron chi connectivity index (χ4n) is 5.83. The number of hydrogen-bond acceptors (Lipinski definition) is 4. The van der Waals surface area contributed by atoms with Crippen molar-refractivity contribution < 1.29 is 17.4 Å². The van der Waals surface area contributed by atoms with Gasteiger partial charge in [-0.1, -0.05) is 109 Å². The number of aromatic nitrogens is 1. The molecule has 0 spiro atoms. The minimum Gasteiger partial charge on any atom is -0.497 e. The van der Waals surface area contributed by atoms with Crippen LogP contribution in [0.2, 0.25) is 0 Å². The summed E-state index contributed by atoms with van der Waals surface area (Å²) in [6, 6.07) is 43.8. The first kappa shape index (κ1) is 33.8. The molecule has 48 heavy (non-hydrogen) atoms. The number of nitrogens with zero attached hydrogens (tertiary/aromatic N) is 1. The van der Waals surface area contributed by atoms with Crippen LogP contribution in [0.25, 0.3) is 10.9 Å². The average molecular weight is 695 g/mol. The van der Waals surface area contributed by atoms with Gasteiger partial charge in [0.1, 0.15) is 5.75 Å². The van der Waals surface area contributed by atoms with Crippen LogP contribution in [0.1, 0.15) is 43.6 Å². The van der Waals surface area contributed by atoms with Crippen LogP contribution in [0.5, 0.6) is 5.75 Å². The van der Waals surface area contributed by atoms with Crippen LogP contribution in [0, 0.1) is 0 Å². The molecule has 6 rings (SSSR count). The van der Waals surface area contributed by atoms with E-state index in [-0.39, 0.29) is 4.90 Å². The summed E-state index contributed by atoms with van der Waals surface area (Å²) in [6.45, 7) is 5.77. The molecule has 1 heterocycles. The third kappa shape index (κ3) is 6.90. The molecule has 0 saturated carbocycles. The summed E-state index contributed by atoms with van der Waals surface area (Å²) in [6.07, 6.45) is 0.420. The molecule has 0 aliphatic heterocycles. The molecule has 6 aromatic rings. The topological polar surface area (TPSA) is 77.4 Å². The Balaban J connectivity index is 1.71. The second kappa shape index (κ2) is 14.2. The van der Waals surface area contributed by atoms with E-state index in [4.69, 9.17) is 4.74 Å². The molecule has 1 N–H and O–H groups in total. The Morgan fingerprint density at radius 2 is 1.33 bits per heavy atom. The van der Waals surface area contributed by atoms with Crippen molar-refractivity contribution in [3.63, 3.8) is 0 Å². The van der Waals surface area contributed by atoms with Crippen molar-refractivity contribution in [2.45, 2.75) is 42.6 Å². The van der Waals surface area contributed by atoms with Gasteiger partial charge in [-0.05, 0) is 75.2 Å². The number of ether oxygens (including phenoxy) is 1. The number of para-hydroxylation sites is 1. The third-order valence-electron chi connectivity index (χ3n) is 8.19. The normalized spacial score (nSPS) is 13.4. The van der Waals surface area contributed by atoms with Crippen LogP contribution in [0.15, 0.2) is 144 Å². The number of hydrogen-bond donors (Lipinski definition) is 1. The van der Waals surface area contributed by atoms with E-state index in [1.165, 1.54) is 3.97 Å². The van der Waals surface area contributed by atoms with E-state index >= 15 is 0 Å². The van der Waals surface area contributed by atoms with E-state index in [1.807, 2.05) is 112 Å². The first-order valence-corrected chi connectivity index (χ1v) is 19.8. The molecule has 0 unspecified atom stereocenters. The van der Waals surface area contributed by atoms with E-state index in [0.29, 0.717) is 23.1 Å². The molecule has 2 atom stereocenters. The minimum absolute atomic E-state index is 0.200. The maximum atomic E-state index is 14.8. The van der Waals surface area contributed by atoms with E-state index in [0.717, 1.165) is 27.1 Å². The summed E-state index contributed by atoms with van der Waals surface area (Å²) < 4.78 is 53.7. The lowest BCUT2D eigenvalue weighted by molar-refractivity contribution is 0.414. The van der Waals surface area contributed by atoms with Gasteiger partial charge in [0, 0.05) is 22.8 Å². The monoisotopic (exact) mass is 694 g/mol. The molecule has 9 heteroatoms. The predicted octanol–water partition coefficient (Wildman–Crippen LogP) is 7.66. The van der Waals surface area contributed by atoms with Gasteiger partial charge in [0.15, 0.2) is 0 Å². The molecule has 0 saturated heterocycles. The Bertz CT molecular complexity index is 2110. The molecule has 246 valence electrons. The van der Waals surface area contributed by atoms with Crippen molar-refractivity contribution in [3.05, 3.63) is 156 Å². The van der Waals surface area contributed by atoms with E-state index in [9.17, 15) is 12.6 Å². The molecular weight excluding hydrogens is 656 g/mol. The summed E-state index contributed by atoms with van der Waals surface area (Å²) in [5, 5.41) is 3.03. The van der Waals surface area contributed by atoms with Crippen LogP contribution >= 0.6 is 7.92 Å². The van der Waals surface area contributed by atoms with Gasteiger partial charge >= 0.3 is 0 Å². The van der Waals surface area contributed by atoms with Crippen LogP contribution in [-0.2, 0) is 27.2 Å². The van der Waals surface area contributed by atoms with Crippen LogP contribution in [0.3, 0.4) is 0 Å². The van der Waals surface area contributed by atoms with Gasteiger partial charge in [-0.15, -0.1) is 0 Å². The van der Waals surface area contributed by atoms with Crippen molar-refractivity contribution in [2.75, 3.05) is 7.11 Å². The summed E-state index contributed by atoms with van der Waals surface area (Å²) in [5.41, 5.74) is 2.80. The standard InChI is InChI=1S/C39H39N2O4PS2/c1-39(2,3)47(42)40-38(29-17-16-18-30(27-29)45-4)37-34-25-14-15-26-35(34)41(48(43,44)33-23-12-7-13-24-33)36(37)28-46(31-19-8-5-9-20-31)32-21-10-6-11-22-32/h5-27,38,40H,28H2,1-4H3/t38-,47+/m0/s1. The smallest absolute Gasteiger partial charge is 0.268 e. The largest absolute Gasteiger partial charge is 0.497 e. The van der Waals surface area contributed by atoms with Crippen LogP contribution in [-0.4, -0.2) is 28.5 Å². The highest BCUT2D eigenvalue weighted by Gasteiger charge is 2.35. The molecule has 0 fully saturated rings. The number of fused-ring (bicyclic) bond motifs is 1. The van der Waals surface area contributed by atoms with E-state index in [2.05, 4.69) is 29.0 Å². The Labute approximate surface area is 287 Å². The Hall–Kier alpha value is -4.07. The predicted molar refractivity (Wildman–Crippen MR) is 200 cm³/mol. The molecule has 0 amide bonds.